The number of pyridine rings is 1. The summed E-state index contributed by atoms with van der Waals surface area (Å²) in [5.41, 5.74) is 1.18. The topological polar surface area (TPSA) is 48.4 Å². The summed E-state index contributed by atoms with van der Waals surface area (Å²) >= 11 is 2.22. The highest BCUT2D eigenvalue weighted by atomic mass is 127. The van der Waals surface area contributed by atoms with E-state index in [0.29, 0.717) is 5.88 Å². The van der Waals surface area contributed by atoms with Crippen LogP contribution in [-0.4, -0.2) is 18.1 Å². The zero-order valence-corrected chi connectivity index (χ0v) is 12.5. The number of rotatable bonds is 4. The highest BCUT2D eigenvalue weighted by Gasteiger charge is 2.10. The lowest BCUT2D eigenvalue weighted by Gasteiger charge is -2.05. The second kappa shape index (κ2) is 6.51. The van der Waals surface area contributed by atoms with Crippen molar-refractivity contribution < 1.29 is 14.3 Å². The van der Waals surface area contributed by atoms with Crippen LogP contribution in [0.4, 0.5) is 0 Å². The minimum absolute atomic E-state index is 0.231. The number of carbonyl (C=O) groups excluding carboxylic acids is 1. The van der Waals surface area contributed by atoms with E-state index in [2.05, 4.69) is 27.6 Å². The van der Waals surface area contributed by atoms with Crippen LogP contribution in [0.5, 0.6) is 5.88 Å². The average molecular weight is 369 g/mol. The lowest BCUT2D eigenvalue weighted by Crippen LogP contribution is -2.07. The van der Waals surface area contributed by atoms with Gasteiger partial charge in [0.1, 0.15) is 6.61 Å². The second-order valence-corrected chi connectivity index (χ2v) is 5.01. The van der Waals surface area contributed by atoms with Crippen LogP contribution in [-0.2, 0) is 11.3 Å². The van der Waals surface area contributed by atoms with Gasteiger partial charge in [0.05, 0.1) is 7.11 Å². The predicted molar refractivity (Wildman–Crippen MR) is 79.1 cm³/mol. The van der Waals surface area contributed by atoms with Crippen molar-refractivity contribution in [2.75, 3.05) is 7.11 Å². The van der Waals surface area contributed by atoms with E-state index in [1.807, 2.05) is 24.3 Å². The van der Waals surface area contributed by atoms with E-state index in [1.54, 1.807) is 18.2 Å². The third-order valence-electron chi connectivity index (χ3n) is 2.43. The predicted octanol–water partition coefficient (Wildman–Crippen LogP) is 3.05. The van der Waals surface area contributed by atoms with Crippen molar-refractivity contribution >= 4 is 28.6 Å². The van der Waals surface area contributed by atoms with Crippen LogP contribution in [0.1, 0.15) is 16.1 Å². The summed E-state index contributed by atoms with van der Waals surface area (Å²) in [4.78, 5) is 15.8. The van der Waals surface area contributed by atoms with Gasteiger partial charge in [-0.3, -0.25) is 0 Å². The molecule has 98 valence electrons. The molecule has 4 nitrogen and oxygen atoms in total. The van der Waals surface area contributed by atoms with Gasteiger partial charge in [-0.25, -0.2) is 9.78 Å². The Morgan fingerprint density at radius 3 is 2.63 bits per heavy atom. The molecular weight excluding hydrogens is 357 g/mol. The first kappa shape index (κ1) is 13.8. The summed E-state index contributed by atoms with van der Waals surface area (Å²) < 4.78 is 11.3. The molecule has 19 heavy (non-hydrogen) atoms. The maximum Gasteiger partial charge on any atom is 0.357 e. The van der Waals surface area contributed by atoms with Crippen LogP contribution in [0.2, 0.25) is 0 Å². The van der Waals surface area contributed by atoms with Crippen LogP contribution < -0.4 is 4.74 Å². The van der Waals surface area contributed by atoms with Crippen molar-refractivity contribution in [3.8, 4) is 5.88 Å². The Balaban J connectivity index is 1.99. The molecule has 0 spiro atoms. The number of benzene rings is 1. The summed E-state index contributed by atoms with van der Waals surface area (Å²) in [7, 11) is 1.50. The average Bonchev–Trinajstić information content (AvgIpc) is 2.46. The zero-order valence-electron chi connectivity index (χ0n) is 10.3. The Morgan fingerprint density at radius 2 is 1.95 bits per heavy atom. The first-order valence-corrected chi connectivity index (χ1v) is 6.69. The van der Waals surface area contributed by atoms with Gasteiger partial charge >= 0.3 is 5.97 Å². The SMILES string of the molecule is COc1cccc(C(=O)OCc2ccc(I)cc2)n1. The van der Waals surface area contributed by atoms with Crippen molar-refractivity contribution in [3.63, 3.8) is 0 Å². The summed E-state index contributed by atoms with van der Waals surface area (Å²) in [6.07, 6.45) is 0. The largest absolute Gasteiger partial charge is 0.481 e. The molecule has 0 N–H and O–H groups in total. The van der Waals surface area contributed by atoms with Crippen molar-refractivity contribution in [1.29, 1.82) is 0 Å². The number of carbonyl (C=O) groups is 1. The minimum atomic E-state index is -0.461. The van der Waals surface area contributed by atoms with Gasteiger partial charge in [-0.05, 0) is 46.4 Å². The number of halogens is 1. The molecule has 1 aromatic heterocycles. The maximum atomic E-state index is 11.8. The number of hydrogen-bond acceptors (Lipinski definition) is 4. The summed E-state index contributed by atoms with van der Waals surface area (Å²) in [6.45, 7) is 0.231. The molecule has 0 aliphatic heterocycles. The molecule has 0 unspecified atom stereocenters. The first-order valence-electron chi connectivity index (χ1n) is 5.61. The van der Waals surface area contributed by atoms with E-state index in [4.69, 9.17) is 9.47 Å². The van der Waals surface area contributed by atoms with Crippen molar-refractivity contribution in [3.05, 3.63) is 57.3 Å². The van der Waals surface area contributed by atoms with Gasteiger partial charge in [0, 0.05) is 9.64 Å². The molecule has 0 radical (unpaired) electrons. The summed E-state index contributed by atoms with van der Waals surface area (Å²) in [5.74, 6) is -0.0684. The molecule has 0 saturated heterocycles. The van der Waals surface area contributed by atoms with Gasteiger partial charge in [0.15, 0.2) is 5.69 Å². The maximum absolute atomic E-state index is 11.8. The fourth-order valence-electron chi connectivity index (χ4n) is 1.45. The van der Waals surface area contributed by atoms with E-state index < -0.39 is 5.97 Å². The fraction of sp³-hybridized carbons (Fsp3) is 0.143. The van der Waals surface area contributed by atoms with E-state index >= 15 is 0 Å². The molecule has 5 heteroatoms. The van der Waals surface area contributed by atoms with E-state index in [1.165, 1.54) is 7.11 Å². The van der Waals surface area contributed by atoms with Gasteiger partial charge in [-0.2, -0.15) is 0 Å². The third kappa shape index (κ3) is 3.92. The van der Waals surface area contributed by atoms with E-state index in [9.17, 15) is 4.79 Å². The first-order chi connectivity index (χ1) is 9.19. The Kier molecular flexibility index (Phi) is 4.73. The standard InChI is InChI=1S/C14H12INO3/c1-18-13-4-2-3-12(16-13)14(17)19-9-10-5-7-11(15)8-6-10/h2-8H,9H2,1H3. The molecule has 1 heterocycles. The number of ether oxygens (including phenoxy) is 2. The van der Waals surface area contributed by atoms with Gasteiger partial charge in [-0.1, -0.05) is 18.2 Å². The van der Waals surface area contributed by atoms with Gasteiger partial charge < -0.3 is 9.47 Å². The van der Waals surface area contributed by atoms with Crippen LogP contribution in [0, 0.1) is 3.57 Å². The van der Waals surface area contributed by atoms with Gasteiger partial charge in [0.2, 0.25) is 5.88 Å². The molecule has 0 aliphatic carbocycles. The molecule has 1 aromatic carbocycles. The number of hydrogen-bond donors (Lipinski definition) is 0. The lowest BCUT2D eigenvalue weighted by molar-refractivity contribution is 0.0464. The minimum Gasteiger partial charge on any atom is -0.481 e. The van der Waals surface area contributed by atoms with Crippen molar-refractivity contribution in [2.24, 2.45) is 0 Å². The Morgan fingerprint density at radius 1 is 1.21 bits per heavy atom. The Labute approximate surface area is 124 Å². The molecule has 2 rings (SSSR count). The Bertz CT molecular complexity index is 569. The summed E-state index contributed by atoms with van der Waals surface area (Å²) in [6, 6.07) is 12.8. The lowest BCUT2D eigenvalue weighted by atomic mass is 10.2. The quantitative estimate of drug-likeness (QED) is 0.614. The molecule has 0 aliphatic rings. The van der Waals surface area contributed by atoms with E-state index in [0.717, 1.165) is 9.13 Å². The highest BCUT2D eigenvalue weighted by molar-refractivity contribution is 14.1. The molecule has 2 aromatic rings. The molecular formula is C14H12INO3. The van der Waals surface area contributed by atoms with Crippen LogP contribution in [0.3, 0.4) is 0 Å². The van der Waals surface area contributed by atoms with Crippen molar-refractivity contribution in [1.82, 2.24) is 4.98 Å². The van der Waals surface area contributed by atoms with Gasteiger partial charge in [0.25, 0.3) is 0 Å². The van der Waals surface area contributed by atoms with E-state index in [-0.39, 0.29) is 12.3 Å². The Hall–Kier alpha value is -1.63. The second-order valence-electron chi connectivity index (χ2n) is 3.77. The number of aromatic nitrogens is 1. The highest BCUT2D eigenvalue weighted by Crippen LogP contribution is 2.11. The monoisotopic (exact) mass is 369 g/mol. The van der Waals surface area contributed by atoms with Crippen LogP contribution in [0.25, 0.3) is 0 Å². The summed E-state index contributed by atoms with van der Waals surface area (Å²) in [5, 5.41) is 0. The smallest absolute Gasteiger partial charge is 0.357 e. The molecule has 0 amide bonds. The zero-order chi connectivity index (χ0) is 13.7. The van der Waals surface area contributed by atoms with Crippen LogP contribution >= 0.6 is 22.6 Å². The molecule has 0 fully saturated rings. The van der Waals surface area contributed by atoms with Crippen molar-refractivity contribution in [2.45, 2.75) is 6.61 Å². The normalized spacial score (nSPS) is 10.0. The molecule has 0 saturated carbocycles. The number of nitrogens with zero attached hydrogens (tertiary/aromatic N) is 1. The van der Waals surface area contributed by atoms with Gasteiger partial charge in [-0.15, -0.1) is 0 Å². The number of esters is 1. The third-order valence-corrected chi connectivity index (χ3v) is 3.14. The fourth-order valence-corrected chi connectivity index (χ4v) is 1.81. The molecule has 0 atom stereocenters. The van der Waals surface area contributed by atoms with Crippen LogP contribution in [0.15, 0.2) is 42.5 Å². The number of methoxy groups -OCH3 is 1. The molecule has 0 bridgehead atoms.